The highest BCUT2D eigenvalue weighted by molar-refractivity contribution is 7.13. The number of nitrogens with zero attached hydrogens (tertiary/aromatic N) is 2. The second kappa shape index (κ2) is 6.51. The lowest BCUT2D eigenvalue weighted by Crippen LogP contribution is -2.46. The van der Waals surface area contributed by atoms with Crippen LogP contribution in [0.15, 0.2) is 5.38 Å². The van der Waals surface area contributed by atoms with Crippen molar-refractivity contribution < 1.29 is 19.4 Å². The van der Waals surface area contributed by atoms with Gasteiger partial charge in [-0.15, -0.1) is 11.3 Å². The molecule has 0 radical (unpaired) electrons. The summed E-state index contributed by atoms with van der Waals surface area (Å²) >= 11 is 1.33. The Hall–Kier alpha value is -1.83. The molecule has 2 heterocycles. The van der Waals surface area contributed by atoms with E-state index in [9.17, 15) is 9.59 Å². The van der Waals surface area contributed by atoms with E-state index in [0.29, 0.717) is 5.13 Å². The van der Waals surface area contributed by atoms with Crippen molar-refractivity contribution in [3.05, 3.63) is 11.1 Å². The van der Waals surface area contributed by atoms with Crippen molar-refractivity contribution in [2.75, 3.05) is 18.0 Å². The maximum absolute atomic E-state index is 11.7. The molecule has 0 bridgehead atoms. The Morgan fingerprint density at radius 3 is 2.55 bits per heavy atom. The maximum Gasteiger partial charge on any atom is 0.407 e. The average Bonchev–Trinajstić information content (AvgIpc) is 2.87. The summed E-state index contributed by atoms with van der Waals surface area (Å²) < 4.78 is 5.24. The number of aromatic carboxylic acids is 1. The summed E-state index contributed by atoms with van der Waals surface area (Å²) in [6, 6.07) is 0.0741. The third-order valence-electron chi connectivity index (χ3n) is 3.20. The van der Waals surface area contributed by atoms with Gasteiger partial charge in [0, 0.05) is 24.5 Å². The Morgan fingerprint density at radius 2 is 2.05 bits per heavy atom. The van der Waals surface area contributed by atoms with Crippen LogP contribution in [0.2, 0.25) is 0 Å². The average molecular weight is 327 g/mol. The second-order valence-corrected chi connectivity index (χ2v) is 7.06. The second-order valence-electron chi connectivity index (χ2n) is 6.23. The smallest absolute Gasteiger partial charge is 0.407 e. The molecule has 1 aliphatic rings. The fourth-order valence-electron chi connectivity index (χ4n) is 2.20. The zero-order valence-electron chi connectivity index (χ0n) is 13.0. The first-order chi connectivity index (χ1) is 10.2. The Labute approximate surface area is 133 Å². The molecular formula is C14H21N3O4S. The number of carbonyl (C=O) groups excluding carboxylic acids is 1. The minimum atomic E-state index is -1.01. The third kappa shape index (κ3) is 4.59. The lowest BCUT2D eigenvalue weighted by atomic mass is 10.1. The number of hydrogen-bond donors (Lipinski definition) is 2. The van der Waals surface area contributed by atoms with E-state index in [-0.39, 0.29) is 11.7 Å². The van der Waals surface area contributed by atoms with Gasteiger partial charge in [-0.25, -0.2) is 14.6 Å². The van der Waals surface area contributed by atoms with Crippen LogP contribution in [0, 0.1) is 0 Å². The van der Waals surface area contributed by atoms with Crippen LogP contribution in [0.4, 0.5) is 9.93 Å². The van der Waals surface area contributed by atoms with Gasteiger partial charge in [0.15, 0.2) is 10.8 Å². The molecule has 1 amide bonds. The van der Waals surface area contributed by atoms with E-state index in [1.807, 2.05) is 25.7 Å². The predicted molar refractivity (Wildman–Crippen MR) is 83.7 cm³/mol. The predicted octanol–water partition coefficient (Wildman–Crippen LogP) is 2.33. The summed E-state index contributed by atoms with van der Waals surface area (Å²) in [5, 5.41) is 14.0. The number of aromatic nitrogens is 1. The van der Waals surface area contributed by atoms with Gasteiger partial charge in [0.05, 0.1) is 0 Å². The number of nitrogens with one attached hydrogen (secondary N) is 1. The number of piperidine rings is 1. The number of carboxylic acid groups (broad SMARTS) is 1. The number of carboxylic acids is 1. The fourth-order valence-corrected chi connectivity index (χ4v) is 3.05. The van der Waals surface area contributed by atoms with Gasteiger partial charge in [-0.3, -0.25) is 0 Å². The summed E-state index contributed by atoms with van der Waals surface area (Å²) in [4.78, 5) is 28.7. The molecule has 1 fully saturated rings. The monoisotopic (exact) mass is 327 g/mol. The number of amides is 1. The summed E-state index contributed by atoms with van der Waals surface area (Å²) in [6.07, 6.45) is 1.16. The van der Waals surface area contributed by atoms with Gasteiger partial charge in [-0.2, -0.15) is 0 Å². The number of rotatable bonds is 3. The van der Waals surface area contributed by atoms with Gasteiger partial charge in [0.1, 0.15) is 5.60 Å². The number of ether oxygens (including phenoxy) is 1. The Kier molecular flexibility index (Phi) is 4.90. The van der Waals surface area contributed by atoms with Crippen molar-refractivity contribution in [1.29, 1.82) is 0 Å². The molecule has 2 N–H and O–H groups in total. The van der Waals surface area contributed by atoms with E-state index in [4.69, 9.17) is 9.84 Å². The molecule has 122 valence electrons. The van der Waals surface area contributed by atoms with E-state index >= 15 is 0 Å². The first-order valence-corrected chi connectivity index (χ1v) is 8.06. The van der Waals surface area contributed by atoms with Gasteiger partial charge in [0.25, 0.3) is 0 Å². The number of thiazole rings is 1. The first-order valence-electron chi connectivity index (χ1n) is 7.18. The third-order valence-corrected chi connectivity index (χ3v) is 4.10. The summed E-state index contributed by atoms with van der Waals surface area (Å²) in [5.41, 5.74) is -0.423. The molecule has 1 aromatic rings. The van der Waals surface area contributed by atoms with Crippen LogP contribution in [0.1, 0.15) is 44.1 Å². The largest absolute Gasteiger partial charge is 0.476 e. The maximum atomic E-state index is 11.7. The van der Waals surface area contributed by atoms with Crippen molar-refractivity contribution in [3.8, 4) is 0 Å². The quantitative estimate of drug-likeness (QED) is 0.885. The van der Waals surface area contributed by atoms with E-state index < -0.39 is 17.7 Å². The molecule has 0 aliphatic carbocycles. The fraction of sp³-hybridized carbons (Fsp3) is 0.643. The van der Waals surface area contributed by atoms with Crippen LogP contribution >= 0.6 is 11.3 Å². The minimum Gasteiger partial charge on any atom is -0.476 e. The lowest BCUT2D eigenvalue weighted by Gasteiger charge is -2.32. The van der Waals surface area contributed by atoms with Crippen LogP contribution in [-0.4, -0.2) is 46.9 Å². The van der Waals surface area contributed by atoms with Crippen LogP contribution in [-0.2, 0) is 4.74 Å². The topological polar surface area (TPSA) is 91.8 Å². The van der Waals surface area contributed by atoms with Gasteiger partial charge in [-0.05, 0) is 33.6 Å². The van der Waals surface area contributed by atoms with Crippen LogP contribution in [0.5, 0.6) is 0 Å². The van der Waals surface area contributed by atoms with Crippen LogP contribution in [0.3, 0.4) is 0 Å². The molecule has 2 rings (SSSR count). The van der Waals surface area contributed by atoms with E-state index in [0.717, 1.165) is 25.9 Å². The van der Waals surface area contributed by atoms with E-state index in [2.05, 4.69) is 10.3 Å². The zero-order chi connectivity index (χ0) is 16.3. The Balaban J connectivity index is 1.82. The Bertz CT molecular complexity index is 545. The van der Waals surface area contributed by atoms with E-state index in [1.54, 1.807) is 5.38 Å². The van der Waals surface area contributed by atoms with Crippen molar-refractivity contribution in [2.24, 2.45) is 0 Å². The van der Waals surface area contributed by atoms with Gasteiger partial charge >= 0.3 is 12.1 Å². The van der Waals surface area contributed by atoms with Gasteiger partial charge in [0.2, 0.25) is 0 Å². The van der Waals surface area contributed by atoms with Crippen LogP contribution in [0.25, 0.3) is 0 Å². The molecule has 0 saturated carbocycles. The molecule has 8 heteroatoms. The number of alkyl carbamates (subject to hydrolysis) is 1. The number of anilines is 1. The van der Waals surface area contributed by atoms with E-state index in [1.165, 1.54) is 11.3 Å². The molecule has 0 unspecified atom stereocenters. The first kappa shape index (κ1) is 16.5. The van der Waals surface area contributed by atoms with Crippen molar-refractivity contribution in [3.63, 3.8) is 0 Å². The van der Waals surface area contributed by atoms with Crippen LogP contribution < -0.4 is 10.2 Å². The summed E-state index contributed by atoms with van der Waals surface area (Å²) in [7, 11) is 0. The molecule has 1 aromatic heterocycles. The summed E-state index contributed by atoms with van der Waals surface area (Å²) in [5.74, 6) is -1.01. The summed E-state index contributed by atoms with van der Waals surface area (Å²) in [6.45, 7) is 6.95. The Morgan fingerprint density at radius 1 is 1.41 bits per heavy atom. The highest BCUT2D eigenvalue weighted by Crippen LogP contribution is 2.24. The molecule has 0 aromatic carbocycles. The molecule has 1 saturated heterocycles. The van der Waals surface area contributed by atoms with Crippen molar-refractivity contribution in [1.82, 2.24) is 10.3 Å². The molecule has 22 heavy (non-hydrogen) atoms. The SMILES string of the molecule is CC(C)(C)OC(=O)NC1CCN(c2nc(C(=O)O)cs2)CC1. The normalized spacial score (nSPS) is 16.4. The minimum absolute atomic E-state index is 0.0741. The molecule has 7 nitrogen and oxygen atoms in total. The lowest BCUT2D eigenvalue weighted by molar-refractivity contribution is 0.0496. The number of carbonyl (C=O) groups is 2. The number of hydrogen-bond acceptors (Lipinski definition) is 6. The van der Waals surface area contributed by atoms with Gasteiger partial charge < -0.3 is 20.1 Å². The molecule has 0 atom stereocenters. The highest BCUT2D eigenvalue weighted by atomic mass is 32.1. The van der Waals surface area contributed by atoms with Gasteiger partial charge in [-0.1, -0.05) is 0 Å². The highest BCUT2D eigenvalue weighted by Gasteiger charge is 2.25. The van der Waals surface area contributed by atoms with Crippen molar-refractivity contribution >= 4 is 28.5 Å². The molecule has 1 aliphatic heterocycles. The van der Waals surface area contributed by atoms with Crippen molar-refractivity contribution in [2.45, 2.75) is 45.3 Å². The standard InChI is InChI=1S/C14H21N3O4S/c1-14(2,3)21-13(20)15-9-4-6-17(7-5-9)12-16-10(8-22-12)11(18)19/h8-9H,4-7H2,1-3H3,(H,15,20)(H,18,19). The molecular weight excluding hydrogens is 306 g/mol. The zero-order valence-corrected chi connectivity index (χ0v) is 13.8. The molecule has 0 spiro atoms.